The van der Waals surface area contributed by atoms with Gasteiger partial charge in [0.1, 0.15) is 5.82 Å². The molecular weight excluding hydrogens is 241 g/mol. The van der Waals surface area contributed by atoms with Crippen LogP contribution in [0, 0.1) is 12.7 Å². The Morgan fingerprint density at radius 1 is 1.21 bits per heavy atom. The summed E-state index contributed by atoms with van der Waals surface area (Å²) >= 11 is 0. The Morgan fingerprint density at radius 2 is 1.89 bits per heavy atom. The van der Waals surface area contributed by atoms with Gasteiger partial charge in [-0.3, -0.25) is 4.90 Å². The van der Waals surface area contributed by atoms with Crippen LogP contribution in [0.1, 0.15) is 23.6 Å². The number of hydrogen-bond acceptors (Lipinski definition) is 3. The van der Waals surface area contributed by atoms with Crippen molar-refractivity contribution in [1.29, 1.82) is 0 Å². The van der Waals surface area contributed by atoms with E-state index in [0.29, 0.717) is 6.54 Å². The summed E-state index contributed by atoms with van der Waals surface area (Å²) in [6, 6.07) is 5.09. The maximum atomic E-state index is 13.2. The molecule has 0 saturated heterocycles. The van der Waals surface area contributed by atoms with Crippen molar-refractivity contribution in [2.45, 2.75) is 19.4 Å². The number of rotatable bonds is 7. The third-order valence-corrected chi connectivity index (χ3v) is 3.46. The van der Waals surface area contributed by atoms with Crippen LogP contribution in [0.4, 0.5) is 4.39 Å². The summed E-state index contributed by atoms with van der Waals surface area (Å²) in [5.41, 5.74) is 7.99. The molecule has 1 rings (SSSR count). The van der Waals surface area contributed by atoms with Gasteiger partial charge in [-0.05, 0) is 70.8 Å². The van der Waals surface area contributed by atoms with E-state index in [1.165, 1.54) is 6.07 Å². The van der Waals surface area contributed by atoms with Crippen LogP contribution in [0.25, 0.3) is 0 Å². The van der Waals surface area contributed by atoms with Crippen LogP contribution < -0.4 is 5.73 Å². The molecule has 0 radical (unpaired) electrons. The van der Waals surface area contributed by atoms with Crippen LogP contribution in [-0.4, -0.2) is 50.6 Å². The maximum Gasteiger partial charge on any atom is 0.123 e. The summed E-state index contributed by atoms with van der Waals surface area (Å²) in [5, 5.41) is 0. The van der Waals surface area contributed by atoms with Gasteiger partial charge < -0.3 is 10.6 Å². The van der Waals surface area contributed by atoms with Crippen molar-refractivity contribution in [3.05, 3.63) is 35.1 Å². The van der Waals surface area contributed by atoms with Crippen molar-refractivity contribution >= 4 is 0 Å². The van der Waals surface area contributed by atoms with E-state index in [4.69, 9.17) is 5.73 Å². The first kappa shape index (κ1) is 16.1. The van der Waals surface area contributed by atoms with E-state index >= 15 is 0 Å². The van der Waals surface area contributed by atoms with Gasteiger partial charge in [0.05, 0.1) is 0 Å². The lowest BCUT2D eigenvalue weighted by Crippen LogP contribution is -2.33. The number of benzene rings is 1. The fourth-order valence-corrected chi connectivity index (χ4v) is 2.35. The fourth-order valence-electron chi connectivity index (χ4n) is 2.35. The summed E-state index contributed by atoms with van der Waals surface area (Å²) < 4.78 is 13.2. The van der Waals surface area contributed by atoms with E-state index in [1.807, 2.05) is 13.0 Å². The molecule has 3 nitrogen and oxygen atoms in total. The normalized spacial score (nSPS) is 13.3. The first-order valence-electron chi connectivity index (χ1n) is 6.76. The Balaban J connectivity index is 2.70. The second-order valence-electron chi connectivity index (χ2n) is 5.39. The third kappa shape index (κ3) is 4.90. The van der Waals surface area contributed by atoms with Gasteiger partial charge >= 0.3 is 0 Å². The Morgan fingerprint density at radius 3 is 2.42 bits per heavy atom. The molecule has 2 N–H and O–H groups in total. The third-order valence-electron chi connectivity index (χ3n) is 3.46. The minimum atomic E-state index is -0.188. The van der Waals surface area contributed by atoms with E-state index < -0.39 is 0 Å². The molecule has 0 bridgehead atoms. The highest BCUT2D eigenvalue weighted by molar-refractivity contribution is 5.29. The van der Waals surface area contributed by atoms with Crippen molar-refractivity contribution in [3.63, 3.8) is 0 Å². The highest BCUT2D eigenvalue weighted by atomic mass is 19.1. The minimum absolute atomic E-state index is 0.155. The number of nitrogens with zero attached hydrogens (tertiary/aromatic N) is 2. The minimum Gasteiger partial charge on any atom is -0.329 e. The Kier molecular flexibility index (Phi) is 6.42. The first-order chi connectivity index (χ1) is 8.95. The molecular formula is C15H26FN3. The molecule has 4 heteroatoms. The van der Waals surface area contributed by atoms with Crippen LogP contribution in [0.5, 0.6) is 0 Å². The van der Waals surface area contributed by atoms with Crippen molar-refractivity contribution < 1.29 is 4.39 Å². The zero-order valence-electron chi connectivity index (χ0n) is 12.5. The average Bonchev–Trinajstić information content (AvgIpc) is 2.32. The molecule has 0 fully saturated rings. The number of aryl methyl sites for hydroxylation is 1. The molecule has 1 aromatic rings. The zero-order chi connectivity index (χ0) is 14.4. The van der Waals surface area contributed by atoms with E-state index in [2.05, 4.69) is 30.9 Å². The van der Waals surface area contributed by atoms with E-state index in [-0.39, 0.29) is 11.9 Å². The molecule has 0 amide bonds. The smallest absolute Gasteiger partial charge is 0.123 e. The summed E-state index contributed by atoms with van der Waals surface area (Å²) in [4.78, 5) is 4.43. The zero-order valence-corrected chi connectivity index (χ0v) is 12.5. The van der Waals surface area contributed by atoms with Gasteiger partial charge in [0.15, 0.2) is 0 Å². The van der Waals surface area contributed by atoms with Gasteiger partial charge in [-0.2, -0.15) is 0 Å². The first-order valence-corrected chi connectivity index (χ1v) is 6.76. The van der Waals surface area contributed by atoms with Gasteiger partial charge in [0, 0.05) is 12.6 Å². The summed E-state index contributed by atoms with van der Waals surface area (Å²) in [5.74, 6) is -0.188. The second-order valence-corrected chi connectivity index (χ2v) is 5.39. The molecule has 108 valence electrons. The van der Waals surface area contributed by atoms with E-state index in [1.54, 1.807) is 6.07 Å². The predicted octanol–water partition coefficient (Wildman–Crippen LogP) is 2.02. The van der Waals surface area contributed by atoms with Gasteiger partial charge in [-0.1, -0.05) is 6.07 Å². The summed E-state index contributed by atoms with van der Waals surface area (Å²) in [6.07, 6.45) is 1.10. The second kappa shape index (κ2) is 7.58. The Hall–Kier alpha value is -0.970. The monoisotopic (exact) mass is 267 g/mol. The van der Waals surface area contributed by atoms with E-state index in [0.717, 1.165) is 30.6 Å². The SMILES string of the molecule is Cc1cc(F)ccc1C(CN)N(C)CCCN(C)C. The van der Waals surface area contributed by atoms with Gasteiger partial charge in [0.2, 0.25) is 0 Å². The quantitative estimate of drug-likeness (QED) is 0.820. The Bertz CT molecular complexity index is 393. The average molecular weight is 267 g/mol. The molecule has 0 aliphatic heterocycles. The van der Waals surface area contributed by atoms with Gasteiger partial charge in [0.25, 0.3) is 0 Å². The Labute approximate surface area is 116 Å². The number of nitrogens with two attached hydrogens (primary N) is 1. The van der Waals surface area contributed by atoms with Crippen molar-refractivity contribution in [3.8, 4) is 0 Å². The predicted molar refractivity (Wildman–Crippen MR) is 78.7 cm³/mol. The summed E-state index contributed by atoms with van der Waals surface area (Å²) in [7, 11) is 6.23. The lowest BCUT2D eigenvalue weighted by Gasteiger charge is -2.29. The lowest BCUT2D eigenvalue weighted by atomic mass is 10.00. The van der Waals surface area contributed by atoms with Crippen LogP contribution in [0.2, 0.25) is 0 Å². The fraction of sp³-hybridized carbons (Fsp3) is 0.600. The van der Waals surface area contributed by atoms with Crippen LogP contribution in [-0.2, 0) is 0 Å². The van der Waals surface area contributed by atoms with Gasteiger partial charge in [-0.25, -0.2) is 4.39 Å². The highest BCUT2D eigenvalue weighted by Gasteiger charge is 2.17. The molecule has 0 aromatic heterocycles. The number of halogens is 1. The summed E-state index contributed by atoms with van der Waals surface area (Å²) in [6.45, 7) is 4.53. The van der Waals surface area contributed by atoms with Crippen LogP contribution in [0.3, 0.4) is 0 Å². The lowest BCUT2D eigenvalue weighted by molar-refractivity contribution is 0.234. The van der Waals surface area contributed by atoms with Crippen LogP contribution >= 0.6 is 0 Å². The van der Waals surface area contributed by atoms with Crippen LogP contribution in [0.15, 0.2) is 18.2 Å². The largest absolute Gasteiger partial charge is 0.329 e. The van der Waals surface area contributed by atoms with Crippen molar-refractivity contribution in [1.82, 2.24) is 9.80 Å². The molecule has 1 unspecified atom stereocenters. The molecule has 0 saturated carbocycles. The molecule has 0 spiro atoms. The molecule has 0 aliphatic rings. The topological polar surface area (TPSA) is 32.5 Å². The highest BCUT2D eigenvalue weighted by Crippen LogP contribution is 2.22. The standard InChI is InChI=1S/C15H26FN3/c1-12-10-13(16)6-7-14(12)15(11-17)19(4)9-5-8-18(2)3/h6-7,10,15H,5,8-9,11,17H2,1-4H3. The van der Waals surface area contributed by atoms with E-state index in [9.17, 15) is 4.39 Å². The molecule has 1 atom stereocenters. The maximum absolute atomic E-state index is 13.2. The van der Waals surface area contributed by atoms with Crippen molar-refractivity contribution in [2.24, 2.45) is 5.73 Å². The molecule has 0 heterocycles. The van der Waals surface area contributed by atoms with Gasteiger partial charge in [-0.15, -0.1) is 0 Å². The molecule has 1 aromatic carbocycles. The number of hydrogen-bond donors (Lipinski definition) is 1. The number of likely N-dealkylation sites (N-methyl/N-ethyl adjacent to an activating group) is 1. The van der Waals surface area contributed by atoms with Crippen molar-refractivity contribution in [2.75, 3.05) is 40.8 Å². The molecule has 19 heavy (non-hydrogen) atoms. The molecule has 0 aliphatic carbocycles.